The topological polar surface area (TPSA) is 86.0 Å². The molecule has 3 rings (SSSR count). The van der Waals surface area contributed by atoms with Crippen LogP contribution in [0.15, 0.2) is 64.2 Å². The molecule has 1 aromatic heterocycles. The van der Waals surface area contributed by atoms with Gasteiger partial charge < -0.3 is 19.3 Å². The molecule has 0 radical (unpaired) electrons. The number of amides is 1. The van der Waals surface area contributed by atoms with Crippen LogP contribution < -0.4 is 5.32 Å². The Balaban J connectivity index is 1.87. The highest BCUT2D eigenvalue weighted by atomic mass is 35.5. The minimum atomic E-state index is -0.977. The van der Waals surface area contributed by atoms with E-state index in [1.807, 2.05) is 49.4 Å². The van der Waals surface area contributed by atoms with E-state index < -0.39 is 6.10 Å². The third-order valence-electron chi connectivity index (χ3n) is 4.39. The first-order valence-corrected chi connectivity index (χ1v) is 9.66. The number of nitrogens with one attached hydrogen (secondary N) is 1. The molecule has 0 spiro atoms. The minimum absolute atomic E-state index is 0.238. The number of halogens is 1. The number of carbonyl (C=O) groups excluding carboxylic acids is 1. The van der Waals surface area contributed by atoms with Crippen LogP contribution in [0, 0.1) is 0 Å². The molecule has 2 aromatic carbocycles. The number of hydrogen-bond donors (Lipinski definition) is 1. The maximum absolute atomic E-state index is 12.2. The van der Waals surface area contributed by atoms with Crippen LogP contribution in [0.5, 0.6) is 0 Å². The lowest BCUT2D eigenvalue weighted by Crippen LogP contribution is -2.27. The average molecular weight is 428 g/mol. The monoisotopic (exact) mass is 427 g/mol. The number of rotatable bonds is 8. The van der Waals surface area contributed by atoms with E-state index in [0.29, 0.717) is 16.6 Å². The molecule has 0 fully saturated rings. The summed E-state index contributed by atoms with van der Waals surface area (Å²) in [5, 5.41) is 7.24. The second-order valence-electron chi connectivity index (χ2n) is 6.40. The van der Waals surface area contributed by atoms with Gasteiger partial charge in [-0.25, -0.2) is 4.98 Å². The molecule has 1 amide bonds. The molecule has 1 heterocycles. The summed E-state index contributed by atoms with van der Waals surface area (Å²) >= 11 is 5.92. The lowest BCUT2D eigenvalue weighted by Gasteiger charge is -2.11. The van der Waals surface area contributed by atoms with Crippen molar-refractivity contribution in [3.05, 3.63) is 76.6 Å². The van der Waals surface area contributed by atoms with Crippen molar-refractivity contribution in [2.45, 2.75) is 19.1 Å². The van der Waals surface area contributed by atoms with E-state index in [0.717, 1.165) is 11.1 Å². The predicted octanol–water partition coefficient (Wildman–Crippen LogP) is 4.54. The van der Waals surface area contributed by atoms with Gasteiger partial charge in [-0.05, 0) is 36.8 Å². The summed E-state index contributed by atoms with van der Waals surface area (Å²) in [6.45, 7) is 1.86. The molecule has 156 valence electrons. The Labute approximate surface area is 179 Å². The maximum Gasteiger partial charge on any atom is 0.256 e. The lowest BCUT2D eigenvalue weighted by molar-refractivity contribution is -0.131. The molecule has 30 heavy (non-hydrogen) atoms. The van der Waals surface area contributed by atoms with Gasteiger partial charge in [0.1, 0.15) is 11.8 Å². The summed E-state index contributed by atoms with van der Waals surface area (Å²) in [5.41, 5.74) is 2.02. The summed E-state index contributed by atoms with van der Waals surface area (Å²) in [6.07, 6.45) is 0.127. The third kappa shape index (κ3) is 5.06. The zero-order valence-electron chi connectivity index (χ0n) is 16.8. The normalized spacial score (nSPS) is 13.2. The molecule has 8 heteroatoms. The van der Waals surface area contributed by atoms with Gasteiger partial charge in [-0.3, -0.25) is 4.79 Å². The van der Waals surface area contributed by atoms with Gasteiger partial charge in [0.25, 0.3) is 5.91 Å². The Morgan fingerprint density at radius 3 is 2.53 bits per heavy atom. The highest BCUT2D eigenvalue weighted by Crippen LogP contribution is 2.27. The van der Waals surface area contributed by atoms with E-state index in [1.165, 1.54) is 20.4 Å². The first-order chi connectivity index (χ1) is 14.5. The van der Waals surface area contributed by atoms with E-state index in [9.17, 15) is 4.79 Å². The molecule has 0 bridgehead atoms. The molecule has 0 aliphatic rings. The first-order valence-electron chi connectivity index (χ1n) is 9.28. The summed E-state index contributed by atoms with van der Waals surface area (Å²) in [7, 11) is 2.94. The van der Waals surface area contributed by atoms with Gasteiger partial charge in [0.15, 0.2) is 11.9 Å². The molecule has 0 aliphatic carbocycles. The largest absolute Gasteiger partial charge is 0.437 e. The standard InChI is InChI=1S/C22H22ClN3O4/c1-14(15-9-11-17(23)12-10-15)30-25-13-18-19(20(28-3)21(27)24-2)29-22(26-18)16-7-5-4-6-8-16/h4-14,20H,1-3H3,(H,24,27). The number of carbonyl (C=O) groups is 1. The Morgan fingerprint density at radius 1 is 1.20 bits per heavy atom. The quantitative estimate of drug-likeness (QED) is 0.421. The van der Waals surface area contributed by atoms with Crippen molar-refractivity contribution in [1.82, 2.24) is 10.3 Å². The predicted molar refractivity (Wildman–Crippen MR) is 114 cm³/mol. The summed E-state index contributed by atoms with van der Waals surface area (Å²) in [6, 6.07) is 16.7. The number of oxime groups is 1. The number of aromatic nitrogens is 1. The van der Waals surface area contributed by atoms with Gasteiger partial charge in [0.05, 0.1) is 6.21 Å². The Morgan fingerprint density at radius 2 is 1.90 bits per heavy atom. The Hall–Kier alpha value is -3.16. The molecule has 3 aromatic rings. The molecule has 7 nitrogen and oxygen atoms in total. The van der Waals surface area contributed by atoms with E-state index >= 15 is 0 Å². The highest BCUT2D eigenvalue weighted by Gasteiger charge is 2.28. The van der Waals surface area contributed by atoms with Crippen LogP contribution in [-0.2, 0) is 14.4 Å². The van der Waals surface area contributed by atoms with Crippen molar-refractivity contribution in [3.63, 3.8) is 0 Å². The molecule has 0 saturated carbocycles. The van der Waals surface area contributed by atoms with Crippen LogP contribution in [-0.4, -0.2) is 31.3 Å². The molecular weight excluding hydrogens is 406 g/mol. The van der Waals surface area contributed by atoms with Gasteiger partial charge in [-0.2, -0.15) is 0 Å². The van der Waals surface area contributed by atoms with E-state index in [4.69, 9.17) is 25.6 Å². The molecule has 0 aliphatic heterocycles. The second kappa shape index (κ2) is 10.0. The first kappa shape index (κ1) is 21.5. The van der Waals surface area contributed by atoms with E-state index in [2.05, 4.69) is 15.5 Å². The van der Waals surface area contributed by atoms with E-state index in [-0.39, 0.29) is 17.8 Å². The molecule has 2 unspecified atom stereocenters. The second-order valence-corrected chi connectivity index (χ2v) is 6.83. The van der Waals surface area contributed by atoms with Gasteiger partial charge in [0, 0.05) is 24.7 Å². The molecular formula is C22H22ClN3O4. The minimum Gasteiger partial charge on any atom is -0.437 e. The lowest BCUT2D eigenvalue weighted by atomic mass is 10.1. The van der Waals surface area contributed by atoms with Crippen LogP contribution in [0.2, 0.25) is 5.02 Å². The van der Waals surface area contributed by atoms with E-state index in [1.54, 1.807) is 12.1 Å². The highest BCUT2D eigenvalue weighted by molar-refractivity contribution is 6.30. The van der Waals surface area contributed by atoms with Crippen molar-refractivity contribution >= 4 is 23.7 Å². The Kier molecular flexibility index (Phi) is 7.21. The van der Waals surface area contributed by atoms with Crippen LogP contribution in [0.25, 0.3) is 11.5 Å². The smallest absolute Gasteiger partial charge is 0.256 e. The number of nitrogens with zero attached hydrogens (tertiary/aromatic N) is 2. The van der Waals surface area contributed by atoms with Crippen LogP contribution in [0.3, 0.4) is 0 Å². The zero-order valence-corrected chi connectivity index (χ0v) is 17.6. The number of benzene rings is 2. The fourth-order valence-corrected chi connectivity index (χ4v) is 2.88. The number of methoxy groups -OCH3 is 1. The molecule has 1 N–H and O–H groups in total. The maximum atomic E-state index is 12.2. The zero-order chi connectivity index (χ0) is 21.5. The Bertz CT molecular complexity index is 1000. The molecule has 2 atom stereocenters. The van der Waals surface area contributed by atoms with Gasteiger partial charge in [-0.1, -0.05) is 47.1 Å². The fraction of sp³-hybridized carbons (Fsp3) is 0.227. The van der Waals surface area contributed by atoms with Crippen molar-refractivity contribution < 1.29 is 18.8 Å². The van der Waals surface area contributed by atoms with Crippen LogP contribution in [0.1, 0.15) is 36.1 Å². The number of likely N-dealkylation sites (N-methyl/N-ethyl adjacent to an activating group) is 1. The van der Waals surface area contributed by atoms with Crippen molar-refractivity contribution in [2.75, 3.05) is 14.2 Å². The SMILES string of the molecule is CNC(=O)C(OC)c1oc(-c2ccccc2)nc1C=NOC(C)c1ccc(Cl)cc1. The van der Waals surface area contributed by atoms with Crippen molar-refractivity contribution in [1.29, 1.82) is 0 Å². The summed E-state index contributed by atoms with van der Waals surface area (Å²) in [5.74, 6) is 0.226. The summed E-state index contributed by atoms with van der Waals surface area (Å²) < 4.78 is 11.2. The van der Waals surface area contributed by atoms with Crippen molar-refractivity contribution in [2.24, 2.45) is 5.16 Å². The summed E-state index contributed by atoms with van der Waals surface area (Å²) in [4.78, 5) is 22.2. The van der Waals surface area contributed by atoms with Gasteiger partial charge in [-0.15, -0.1) is 0 Å². The van der Waals surface area contributed by atoms with Crippen LogP contribution >= 0.6 is 11.6 Å². The molecule has 0 saturated heterocycles. The number of hydrogen-bond acceptors (Lipinski definition) is 6. The average Bonchev–Trinajstić information content (AvgIpc) is 3.19. The number of ether oxygens (including phenoxy) is 1. The van der Waals surface area contributed by atoms with Crippen molar-refractivity contribution in [3.8, 4) is 11.5 Å². The fourth-order valence-electron chi connectivity index (χ4n) is 2.76. The number of oxazole rings is 1. The van der Waals surface area contributed by atoms with Gasteiger partial charge in [0.2, 0.25) is 5.89 Å². The van der Waals surface area contributed by atoms with Crippen LogP contribution in [0.4, 0.5) is 0 Å². The van der Waals surface area contributed by atoms with Gasteiger partial charge >= 0.3 is 0 Å². The third-order valence-corrected chi connectivity index (χ3v) is 4.65.